The molecule has 0 aromatic heterocycles. The molecule has 0 bridgehead atoms. The van der Waals surface area contributed by atoms with Crippen molar-refractivity contribution < 1.29 is 27.1 Å². The maximum Gasteiger partial charge on any atom is 0.282 e. The lowest BCUT2D eigenvalue weighted by atomic mass is 10.2. The van der Waals surface area contributed by atoms with Crippen LogP contribution in [0.15, 0.2) is 24.3 Å². The monoisotopic (exact) mass is 401 g/mol. The number of halogens is 1. The first-order valence-electron chi connectivity index (χ1n) is 8.92. The van der Waals surface area contributed by atoms with E-state index in [4.69, 9.17) is 9.47 Å². The summed E-state index contributed by atoms with van der Waals surface area (Å²) in [5.41, 5.74) is 0. The summed E-state index contributed by atoms with van der Waals surface area (Å²) in [6.07, 6.45) is -0.738. The second-order valence-electron chi connectivity index (χ2n) is 6.46. The van der Waals surface area contributed by atoms with Crippen molar-refractivity contribution in [2.24, 2.45) is 0 Å². The number of carbonyl (C=O) groups excluding carboxylic acids is 1. The molecule has 10 heteroatoms. The van der Waals surface area contributed by atoms with Gasteiger partial charge in [0.15, 0.2) is 6.10 Å². The average molecular weight is 401 g/mol. The van der Waals surface area contributed by atoms with Gasteiger partial charge < -0.3 is 14.4 Å². The molecule has 27 heavy (non-hydrogen) atoms. The summed E-state index contributed by atoms with van der Waals surface area (Å²) >= 11 is 0. The number of nitrogens with zero attached hydrogens (tertiary/aromatic N) is 3. The Morgan fingerprint density at radius 1 is 1.04 bits per heavy atom. The third-order valence-corrected chi connectivity index (χ3v) is 6.68. The van der Waals surface area contributed by atoms with Gasteiger partial charge in [0.1, 0.15) is 11.6 Å². The van der Waals surface area contributed by atoms with Gasteiger partial charge in [-0.15, -0.1) is 0 Å². The Kier molecular flexibility index (Phi) is 6.30. The summed E-state index contributed by atoms with van der Waals surface area (Å²) in [5, 5.41) is 0. The molecule has 3 rings (SSSR count). The van der Waals surface area contributed by atoms with Crippen molar-refractivity contribution in [3.63, 3.8) is 0 Å². The lowest BCUT2D eigenvalue weighted by Gasteiger charge is -2.38. The van der Waals surface area contributed by atoms with E-state index in [2.05, 4.69) is 0 Å². The topological polar surface area (TPSA) is 79.4 Å². The number of hydrogen-bond acceptors (Lipinski definition) is 5. The number of morpholine rings is 1. The van der Waals surface area contributed by atoms with Crippen LogP contribution < -0.4 is 4.74 Å². The highest BCUT2D eigenvalue weighted by Gasteiger charge is 2.35. The fourth-order valence-electron chi connectivity index (χ4n) is 3.10. The van der Waals surface area contributed by atoms with E-state index >= 15 is 0 Å². The quantitative estimate of drug-likeness (QED) is 0.710. The Bertz CT molecular complexity index is 744. The van der Waals surface area contributed by atoms with Crippen molar-refractivity contribution in [1.82, 2.24) is 13.5 Å². The fraction of sp³-hybridized carbons (Fsp3) is 0.588. The minimum atomic E-state index is -3.53. The van der Waals surface area contributed by atoms with E-state index in [0.717, 1.165) is 0 Å². The van der Waals surface area contributed by atoms with Gasteiger partial charge in [-0.2, -0.15) is 17.0 Å². The summed E-state index contributed by atoms with van der Waals surface area (Å²) in [6, 6.07) is 5.46. The molecule has 2 heterocycles. The smallest absolute Gasteiger partial charge is 0.282 e. The normalized spacial score (nSPS) is 21.0. The maximum absolute atomic E-state index is 12.9. The van der Waals surface area contributed by atoms with Gasteiger partial charge in [0, 0.05) is 39.3 Å². The summed E-state index contributed by atoms with van der Waals surface area (Å²) in [4.78, 5) is 14.2. The molecular weight excluding hydrogens is 377 g/mol. The Hall–Kier alpha value is -1.75. The van der Waals surface area contributed by atoms with Crippen molar-refractivity contribution in [2.45, 2.75) is 13.0 Å². The van der Waals surface area contributed by atoms with Gasteiger partial charge in [-0.1, -0.05) is 0 Å². The molecule has 1 atom stereocenters. The van der Waals surface area contributed by atoms with Crippen LogP contribution in [0, 0.1) is 5.82 Å². The van der Waals surface area contributed by atoms with Gasteiger partial charge >= 0.3 is 0 Å². The van der Waals surface area contributed by atoms with E-state index in [1.54, 1.807) is 11.8 Å². The number of piperazine rings is 1. The van der Waals surface area contributed by atoms with E-state index in [1.165, 1.54) is 32.9 Å². The third kappa shape index (κ3) is 4.75. The van der Waals surface area contributed by atoms with E-state index in [0.29, 0.717) is 45.1 Å². The van der Waals surface area contributed by atoms with Gasteiger partial charge in [0.05, 0.1) is 13.2 Å². The molecule has 0 aliphatic carbocycles. The van der Waals surface area contributed by atoms with Crippen LogP contribution in [0.1, 0.15) is 6.92 Å². The highest BCUT2D eigenvalue weighted by molar-refractivity contribution is 7.86. The molecule has 0 spiro atoms. The Balaban J connectivity index is 1.53. The second kappa shape index (κ2) is 8.51. The van der Waals surface area contributed by atoms with Gasteiger partial charge in [-0.3, -0.25) is 4.79 Å². The molecular formula is C17H24FN3O5S. The number of amides is 1. The molecule has 0 unspecified atom stereocenters. The van der Waals surface area contributed by atoms with Crippen molar-refractivity contribution in [1.29, 1.82) is 0 Å². The number of rotatable bonds is 5. The summed E-state index contributed by atoms with van der Waals surface area (Å²) in [7, 11) is -3.53. The highest BCUT2D eigenvalue weighted by atomic mass is 32.2. The molecule has 8 nitrogen and oxygen atoms in total. The number of carbonyl (C=O) groups is 1. The molecule has 0 saturated carbocycles. The van der Waals surface area contributed by atoms with Crippen LogP contribution in [0.3, 0.4) is 0 Å². The molecule has 0 radical (unpaired) electrons. The lowest BCUT2D eigenvalue weighted by molar-refractivity contribution is -0.139. The predicted molar refractivity (Wildman–Crippen MR) is 96.0 cm³/mol. The number of hydrogen-bond donors (Lipinski definition) is 0. The standard InChI is InChI=1S/C17H24FN3O5S/c1-14(26-16-4-2-15(18)3-5-16)17(22)19-6-8-20(9-7-19)27(23,24)21-10-12-25-13-11-21/h2-5,14H,6-13H2,1H3/t14-/m1/s1. The van der Waals surface area contributed by atoms with Crippen molar-refractivity contribution in [3.8, 4) is 5.75 Å². The molecule has 2 fully saturated rings. The van der Waals surface area contributed by atoms with E-state index < -0.39 is 16.3 Å². The molecule has 2 aliphatic rings. The second-order valence-corrected chi connectivity index (χ2v) is 8.39. The lowest BCUT2D eigenvalue weighted by Crippen LogP contribution is -2.57. The van der Waals surface area contributed by atoms with Crippen molar-refractivity contribution in [3.05, 3.63) is 30.1 Å². The molecule has 150 valence electrons. The van der Waals surface area contributed by atoms with E-state index in [1.807, 2.05) is 0 Å². The first-order valence-corrected chi connectivity index (χ1v) is 10.3. The molecule has 0 N–H and O–H groups in total. The van der Waals surface area contributed by atoms with Crippen molar-refractivity contribution in [2.75, 3.05) is 52.5 Å². The minimum absolute atomic E-state index is 0.220. The first kappa shape index (κ1) is 20.0. The molecule has 2 aliphatic heterocycles. The van der Waals surface area contributed by atoms with Crippen LogP contribution in [0.2, 0.25) is 0 Å². The average Bonchev–Trinajstić information content (AvgIpc) is 2.70. The summed E-state index contributed by atoms with van der Waals surface area (Å²) in [5.74, 6) is -0.188. The molecule has 2 saturated heterocycles. The zero-order chi connectivity index (χ0) is 19.4. The third-order valence-electron chi connectivity index (χ3n) is 4.65. The van der Waals surface area contributed by atoms with Gasteiger partial charge in [-0.05, 0) is 31.2 Å². The SMILES string of the molecule is C[C@@H](Oc1ccc(F)cc1)C(=O)N1CCN(S(=O)(=O)N2CCOCC2)CC1. The van der Waals surface area contributed by atoms with Crippen LogP contribution in [-0.2, 0) is 19.7 Å². The molecule has 1 aromatic rings. The van der Waals surface area contributed by atoms with Gasteiger partial charge in [0.25, 0.3) is 16.1 Å². The van der Waals surface area contributed by atoms with Gasteiger partial charge in [-0.25, -0.2) is 4.39 Å². The summed E-state index contributed by atoms with van der Waals surface area (Å²) in [6.45, 7) is 4.23. The molecule has 1 amide bonds. The van der Waals surface area contributed by atoms with Crippen LogP contribution in [0.4, 0.5) is 4.39 Å². The highest BCUT2D eigenvalue weighted by Crippen LogP contribution is 2.17. The van der Waals surface area contributed by atoms with E-state index in [9.17, 15) is 17.6 Å². The summed E-state index contributed by atoms with van der Waals surface area (Å²) < 4.78 is 51.9. The fourth-order valence-corrected chi connectivity index (χ4v) is 4.67. The minimum Gasteiger partial charge on any atom is -0.481 e. The Morgan fingerprint density at radius 2 is 1.59 bits per heavy atom. The maximum atomic E-state index is 12.9. The largest absolute Gasteiger partial charge is 0.481 e. The van der Waals surface area contributed by atoms with Crippen molar-refractivity contribution >= 4 is 16.1 Å². The molecule has 1 aromatic carbocycles. The zero-order valence-electron chi connectivity index (χ0n) is 15.2. The van der Waals surface area contributed by atoms with Gasteiger partial charge in [0.2, 0.25) is 0 Å². The zero-order valence-corrected chi connectivity index (χ0v) is 16.0. The van der Waals surface area contributed by atoms with Crippen LogP contribution in [0.5, 0.6) is 5.75 Å². The van der Waals surface area contributed by atoms with Crippen LogP contribution in [-0.4, -0.2) is 86.4 Å². The van der Waals surface area contributed by atoms with E-state index in [-0.39, 0.29) is 24.8 Å². The van der Waals surface area contributed by atoms with Crippen LogP contribution in [0.25, 0.3) is 0 Å². The Labute approximate surface area is 158 Å². The Morgan fingerprint density at radius 3 is 2.19 bits per heavy atom. The number of benzene rings is 1. The van der Waals surface area contributed by atoms with Crippen LogP contribution >= 0.6 is 0 Å². The number of ether oxygens (including phenoxy) is 2. The first-order chi connectivity index (χ1) is 12.9. The predicted octanol–water partition coefficient (Wildman–Crippen LogP) is 0.314.